The average Bonchev–Trinajstić information content (AvgIpc) is 2.43. The van der Waals surface area contributed by atoms with Gasteiger partial charge in [0, 0.05) is 32.1 Å². The van der Waals surface area contributed by atoms with E-state index < -0.39 is 11.9 Å². The minimum atomic E-state index is -0.844. The van der Waals surface area contributed by atoms with Gasteiger partial charge >= 0.3 is 12.0 Å². The first-order chi connectivity index (χ1) is 9.97. The van der Waals surface area contributed by atoms with Gasteiger partial charge in [-0.25, -0.2) is 4.79 Å². The van der Waals surface area contributed by atoms with E-state index in [4.69, 9.17) is 0 Å². The molecule has 1 aliphatic heterocycles. The summed E-state index contributed by atoms with van der Waals surface area (Å²) in [5.74, 6) is -1.25. The van der Waals surface area contributed by atoms with E-state index in [1.165, 1.54) is 0 Å². The highest BCUT2D eigenvalue weighted by molar-refractivity contribution is 5.79. The van der Waals surface area contributed by atoms with Gasteiger partial charge in [-0.3, -0.25) is 9.59 Å². The van der Waals surface area contributed by atoms with E-state index in [1.807, 2.05) is 0 Å². The Hall–Kier alpha value is -1.79. The number of nitrogens with one attached hydrogen (secondary N) is 2. The van der Waals surface area contributed by atoms with Gasteiger partial charge in [0.2, 0.25) is 5.91 Å². The molecule has 0 aromatic carbocycles. The Morgan fingerprint density at radius 2 is 1.90 bits per heavy atom. The van der Waals surface area contributed by atoms with Crippen LogP contribution < -0.4 is 10.6 Å². The van der Waals surface area contributed by atoms with Gasteiger partial charge in [-0.15, -0.1) is 0 Å². The summed E-state index contributed by atoms with van der Waals surface area (Å²) in [5, 5.41) is 14.8. The zero-order valence-electron chi connectivity index (χ0n) is 12.3. The van der Waals surface area contributed by atoms with E-state index in [2.05, 4.69) is 10.6 Å². The number of likely N-dealkylation sites (tertiary alicyclic amines) is 1. The maximum Gasteiger partial charge on any atom is 0.315 e. The molecule has 1 saturated carbocycles. The quantitative estimate of drug-likeness (QED) is 0.708. The third-order valence-electron chi connectivity index (χ3n) is 4.36. The lowest BCUT2D eigenvalue weighted by atomic mass is 9.84. The van der Waals surface area contributed by atoms with Crippen molar-refractivity contribution in [2.75, 3.05) is 13.6 Å². The zero-order chi connectivity index (χ0) is 15.4. The van der Waals surface area contributed by atoms with Gasteiger partial charge in [0.1, 0.15) is 0 Å². The lowest BCUT2D eigenvalue weighted by Gasteiger charge is -2.32. The molecule has 0 radical (unpaired) electrons. The van der Waals surface area contributed by atoms with Crippen LogP contribution in [0.15, 0.2) is 0 Å². The highest BCUT2D eigenvalue weighted by Gasteiger charge is 2.32. The second-order valence-electron chi connectivity index (χ2n) is 5.96. The molecule has 0 aromatic heterocycles. The molecule has 1 aliphatic carbocycles. The van der Waals surface area contributed by atoms with E-state index in [-0.39, 0.29) is 24.0 Å². The molecule has 0 aromatic rings. The largest absolute Gasteiger partial charge is 0.481 e. The van der Waals surface area contributed by atoms with Gasteiger partial charge < -0.3 is 20.6 Å². The normalized spacial score (nSPS) is 29.9. The maximum absolute atomic E-state index is 12.0. The van der Waals surface area contributed by atoms with Crippen LogP contribution in [0.2, 0.25) is 0 Å². The minimum absolute atomic E-state index is 0.0698. The fourth-order valence-electron chi connectivity index (χ4n) is 3.12. The van der Waals surface area contributed by atoms with Crippen molar-refractivity contribution in [3.05, 3.63) is 0 Å². The zero-order valence-corrected chi connectivity index (χ0v) is 12.3. The molecule has 0 bridgehead atoms. The predicted molar refractivity (Wildman–Crippen MR) is 75.7 cm³/mol. The topological polar surface area (TPSA) is 98.7 Å². The minimum Gasteiger partial charge on any atom is -0.481 e. The Kier molecular flexibility index (Phi) is 5.03. The molecule has 21 heavy (non-hydrogen) atoms. The molecular weight excluding hydrogens is 274 g/mol. The number of likely N-dealkylation sites (N-methyl/N-ethyl adjacent to an activating group) is 1. The van der Waals surface area contributed by atoms with Gasteiger partial charge in [0.15, 0.2) is 0 Å². The SMILES string of the molecule is CN1CC(NC(=O)NC2CCCCC2C(=O)O)CCC1=O. The second-order valence-corrected chi connectivity index (χ2v) is 5.96. The molecule has 2 fully saturated rings. The number of carbonyl (C=O) groups is 3. The van der Waals surface area contributed by atoms with E-state index in [9.17, 15) is 19.5 Å². The van der Waals surface area contributed by atoms with Crippen LogP contribution in [0.5, 0.6) is 0 Å². The summed E-state index contributed by atoms with van der Waals surface area (Å²) in [5.41, 5.74) is 0. The second kappa shape index (κ2) is 6.78. The number of aliphatic carboxylic acids is 1. The van der Waals surface area contributed by atoms with Gasteiger partial charge in [0.05, 0.1) is 5.92 Å². The predicted octanol–water partition coefficient (Wildman–Crippen LogP) is 0.550. The molecule has 3 N–H and O–H groups in total. The number of carbonyl (C=O) groups excluding carboxylic acids is 2. The van der Waals surface area contributed by atoms with Crippen molar-refractivity contribution in [1.29, 1.82) is 0 Å². The molecule has 3 atom stereocenters. The Bertz CT molecular complexity index is 426. The first kappa shape index (κ1) is 15.6. The Morgan fingerprint density at radius 3 is 2.57 bits per heavy atom. The molecule has 118 valence electrons. The van der Waals surface area contributed by atoms with Crippen LogP contribution in [0, 0.1) is 5.92 Å². The summed E-state index contributed by atoms with van der Waals surface area (Å²) in [6, 6.07) is -0.709. The van der Waals surface area contributed by atoms with Gasteiger partial charge in [-0.1, -0.05) is 12.8 Å². The number of hydrogen-bond donors (Lipinski definition) is 3. The molecule has 3 amide bonds. The van der Waals surface area contributed by atoms with Crippen molar-refractivity contribution >= 4 is 17.9 Å². The summed E-state index contributed by atoms with van der Waals surface area (Å²) in [7, 11) is 1.72. The average molecular weight is 297 g/mol. The van der Waals surface area contributed by atoms with Crippen molar-refractivity contribution in [1.82, 2.24) is 15.5 Å². The van der Waals surface area contributed by atoms with Crippen LogP contribution in [0.4, 0.5) is 4.79 Å². The Labute approximate surface area is 124 Å². The van der Waals surface area contributed by atoms with E-state index in [0.29, 0.717) is 32.2 Å². The van der Waals surface area contributed by atoms with Crippen LogP contribution in [0.3, 0.4) is 0 Å². The van der Waals surface area contributed by atoms with E-state index in [0.717, 1.165) is 12.8 Å². The molecule has 1 heterocycles. The highest BCUT2D eigenvalue weighted by Crippen LogP contribution is 2.24. The Balaban J connectivity index is 1.83. The third-order valence-corrected chi connectivity index (χ3v) is 4.36. The number of carboxylic acid groups (broad SMARTS) is 1. The maximum atomic E-state index is 12.0. The number of piperidine rings is 1. The van der Waals surface area contributed by atoms with Gasteiger partial charge in [-0.2, -0.15) is 0 Å². The van der Waals surface area contributed by atoms with Crippen molar-refractivity contribution in [3.63, 3.8) is 0 Å². The number of nitrogens with zero attached hydrogens (tertiary/aromatic N) is 1. The first-order valence-electron chi connectivity index (χ1n) is 7.51. The molecule has 3 unspecified atom stereocenters. The van der Waals surface area contributed by atoms with Crippen LogP contribution in [-0.2, 0) is 9.59 Å². The summed E-state index contributed by atoms with van der Waals surface area (Å²) in [6.07, 6.45) is 4.21. The smallest absolute Gasteiger partial charge is 0.315 e. The number of urea groups is 1. The van der Waals surface area contributed by atoms with E-state index >= 15 is 0 Å². The van der Waals surface area contributed by atoms with Gasteiger partial charge in [-0.05, 0) is 19.3 Å². The highest BCUT2D eigenvalue weighted by atomic mass is 16.4. The Morgan fingerprint density at radius 1 is 1.19 bits per heavy atom. The molecule has 7 heteroatoms. The lowest BCUT2D eigenvalue weighted by molar-refractivity contribution is -0.143. The third kappa shape index (κ3) is 4.09. The van der Waals surface area contributed by atoms with Crippen LogP contribution >= 0.6 is 0 Å². The summed E-state index contributed by atoms with van der Waals surface area (Å²) in [6.45, 7) is 0.499. The van der Waals surface area contributed by atoms with Crippen molar-refractivity contribution < 1.29 is 19.5 Å². The first-order valence-corrected chi connectivity index (χ1v) is 7.51. The van der Waals surface area contributed by atoms with Crippen LogP contribution in [-0.4, -0.2) is 53.6 Å². The monoisotopic (exact) mass is 297 g/mol. The number of amides is 3. The number of rotatable bonds is 3. The van der Waals surface area contributed by atoms with Crippen molar-refractivity contribution in [3.8, 4) is 0 Å². The summed E-state index contributed by atoms with van der Waals surface area (Å²) < 4.78 is 0. The molecule has 0 spiro atoms. The molecular formula is C14H23N3O4. The van der Waals surface area contributed by atoms with Crippen molar-refractivity contribution in [2.45, 2.75) is 50.6 Å². The molecule has 1 saturated heterocycles. The molecule has 2 rings (SSSR count). The standard InChI is InChI=1S/C14H23N3O4/c1-17-8-9(6-7-12(17)18)15-14(21)16-11-5-3-2-4-10(11)13(19)20/h9-11H,2-8H2,1H3,(H,19,20)(H2,15,16,21). The lowest BCUT2D eigenvalue weighted by Crippen LogP contribution is -2.54. The van der Waals surface area contributed by atoms with Crippen molar-refractivity contribution in [2.24, 2.45) is 5.92 Å². The fourth-order valence-corrected chi connectivity index (χ4v) is 3.12. The molecule has 2 aliphatic rings. The van der Waals surface area contributed by atoms with Crippen LogP contribution in [0.1, 0.15) is 38.5 Å². The van der Waals surface area contributed by atoms with Gasteiger partial charge in [0.25, 0.3) is 0 Å². The van der Waals surface area contributed by atoms with Crippen LogP contribution in [0.25, 0.3) is 0 Å². The summed E-state index contributed by atoms with van der Waals surface area (Å²) >= 11 is 0. The summed E-state index contributed by atoms with van der Waals surface area (Å²) in [4.78, 5) is 36.2. The fraction of sp³-hybridized carbons (Fsp3) is 0.786. The molecule has 7 nitrogen and oxygen atoms in total. The van der Waals surface area contributed by atoms with E-state index in [1.54, 1.807) is 11.9 Å². The number of carboxylic acids is 1. The number of hydrogen-bond acceptors (Lipinski definition) is 3.